The average molecular weight is 408 g/mol. The first kappa shape index (κ1) is 19.4. The summed E-state index contributed by atoms with van der Waals surface area (Å²) in [6.45, 7) is 0. The Morgan fingerprint density at radius 1 is 0.613 bits per heavy atom. The van der Waals surface area contributed by atoms with Gasteiger partial charge in [0.15, 0.2) is 6.23 Å². The molecule has 31 heavy (non-hydrogen) atoms. The first-order chi connectivity index (χ1) is 15.3. The Hall–Kier alpha value is -3.56. The summed E-state index contributed by atoms with van der Waals surface area (Å²) in [7, 11) is 1.69. The van der Waals surface area contributed by atoms with Crippen LogP contribution in [0, 0.1) is 0 Å². The summed E-state index contributed by atoms with van der Waals surface area (Å²) in [5.74, 6) is 0.844. The predicted molar refractivity (Wildman–Crippen MR) is 124 cm³/mol. The largest absolute Gasteiger partial charge is 0.497 e. The van der Waals surface area contributed by atoms with E-state index >= 15 is 0 Å². The molecule has 0 bridgehead atoms. The second-order valence-corrected chi connectivity index (χ2v) is 7.69. The molecule has 1 aliphatic heterocycles. The molecule has 0 aliphatic carbocycles. The normalized spacial score (nSPS) is 20.5. The Morgan fingerprint density at radius 2 is 1.13 bits per heavy atom. The lowest BCUT2D eigenvalue weighted by atomic mass is 9.94. The monoisotopic (exact) mass is 407 g/mol. The van der Waals surface area contributed by atoms with Crippen molar-refractivity contribution in [1.82, 2.24) is 0 Å². The summed E-state index contributed by atoms with van der Waals surface area (Å²) in [6, 6.07) is 39.9. The number of benzene rings is 4. The van der Waals surface area contributed by atoms with E-state index in [1.54, 1.807) is 7.11 Å². The molecule has 0 spiro atoms. The highest BCUT2D eigenvalue weighted by molar-refractivity contribution is 5.55. The molecular formula is C28H25NO2. The lowest BCUT2D eigenvalue weighted by Crippen LogP contribution is -2.27. The van der Waals surface area contributed by atoms with Gasteiger partial charge in [-0.25, -0.2) is 0 Å². The number of ether oxygens (including phenoxy) is 2. The molecule has 0 radical (unpaired) electrons. The van der Waals surface area contributed by atoms with Gasteiger partial charge >= 0.3 is 0 Å². The molecule has 3 atom stereocenters. The topological polar surface area (TPSA) is 21.7 Å². The van der Waals surface area contributed by atoms with Crippen LogP contribution in [0.1, 0.15) is 35.1 Å². The molecule has 0 amide bonds. The van der Waals surface area contributed by atoms with Crippen molar-refractivity contribution in [2.45, 2.75) is 18.4 Å². The zero-order chi connectivity index (χ0) is 21.0. The van der Waals surface area contributed by atoms with Gasteiger partial charge in [0.2, 0.25) is 0 Å². The number of hydrogen-bond donors (Lipinski definition) is 0. The van der Waals surface area contributed by atoms with Crippen LogP contribution in [-0.4, -0.2) is 7.11 Å². The summed E-state index contributed by atoms with van der Waals surface area (Å²) in [5.41, 5.74) is 4.64. The summed E-state index contributed by atoms with van der Waals surface area (Å²) in [6.07, 6.45) is -0.305. The van der Waals surface area contributed by atoms with Gasteiger partial charge < -0.3 is 14.4 Å². The fourth-order valence-electron chi connectivity index (χ4n) is 4.37. The van der Waals surface area contributed by atoms with Gasteiger partial charge in [0.1, 0.15) is 11.9 Å². The third kappa shape index (κ3) is 3.80. The summed E-state index contributed by atoms with van der Waals surface area (Å²) >= 11 is 0. The highest BCUT2D eigenvalue weighted by atomic mass is 16.5. The van der Waals surface area contributed by atoms with Crippen molar-refractivity contribution in [3.05, 3.63) is 132 Å². The maximum absolute atomic E-state index is 6.82. The Bertz CT molecular complexity index is 1100. The number of anilines is 1. The SMILES string of the molecule is COc1ccc(N2C(c3ccccc3)OC(c3ccccc3)C2c2ccccc2)cc1. The molecule has 1 aliphatic rings. The van der Waals surface area contributed by atoms with E-state index < -0.39 is 0 Å². The molecule has 0 aromatic heterocycles. The number of hydrogen-bond acceptors (Lipinski definition) is 3. The molecule has 154 valence electrons. The molecule has 1 heterocycles. The molecular weight excluding hydrogens is 382 g/mol. The van der Waals surface area contributed by atoms with Crippen LogP contribution in [0.25, 0.3) is 0 Å². The molecule has 0 saturated carbocycles. The maximum Gasteiger partial charge on any atom is 0.158 e. The predicted octanol–water partition coefficient (Wildman–Crippen LogP) is 6.71. The summed E-state index contributed by atoms with van der Waals surface area (Å²) in [5, 5.41) is 0. The van der Waals surface area contributed by atoms with Crippen LogP contribution in [0.15, 0.2) is 115 Å². The van der Waals surface area contributed by atoms with Gasteiger partial charge in [-0.3, -0.25) is 0 Å². The minimum atomic E-state index is -0.204. The second-order valence-electron chi connectivity index (χ2n) is 7.69. The van der Waals surface area contributed by atoms with Crippen LogP contribution in [0.2, 0.25) is 0 Å². The van der Waals surface area contributed by atoms with Crippen molar-refractivity contribution in [3.8, 4) is 5.75 Å². The third-order valence-electron chi connectivity index (χ3n) is 5.84. The molecule has 3 unspecified atom stereocenters. The summed E-state index contributed by atoms with van der Waals surface area (Å²) in [4.78, 5) is 2.39. The van der Waals surface area contributed by atoms with Gasteiger partial charge in [-0.1, -0.05) is 91.0 Å². The molecule has 4 aromatic rings. The Labute approximate surface area is 183 Å². The van der Waals surface area contributed by atoms with Crippen LogP contribution in [0.5, 0.6) is 5.75 Å². The molecule has 4 aromatic carbocycles. The van der Waals surface area contributed by atoms with E-state index in [1.165, 1.54) is 11.1 Å². The summed E-state index contributed by atoms with van der Waals surface area (Å²) < 4.78 is 12.2. The van der Waals surface area contributed by atoms with Crippen LogP contribution in [0.4, 0.5) is 5.69 Å². The molecule has 3 nitrogen and oxygen atoms in total. The van der Waals surface area contributed by atoms with E-state index in [0.29, 0.717) is 0 Å². The number of rotatable bonds is 5. The third-order valence-corrected chi connectivity index (χ3v) is 5.84. The van der Waals surface area contributed by atoms with Gasteiger partial charge in [-0.15, -0.1) is 0 Å². The van der Waals surface area contributed by atoms with Crippen molar-refractivity contribution in [2.75, 3.05) is 12.0 Å². The molecule has 1 saturated heterocycles. The van der Waals surface area contributed by atoms with Crippen LogP contribution in [-0.2, 0) is 4.74 Å². The number of nitrogens with zero attached hydrogens (tertiary/aromatic N) is 1. The Morgan fingerprint density at radius 3 is 1.68 bits per heavy atom. The van der Waals surface area contributed by atoms with Gasteiger partial charge in [0.25, 0.3) is 0 Å². The first-order valence-electron chi connectivity index (χ1n) is 10.6. The lowest BCUT2D eigenvalue weighted by molar-refractivity contribution is 0.0404. The van der Waals surface area contributed by atoms with E-state index in [2.05, 4.69) is 95.9 Å². The smallest absolute Gasteiger partial charge is 0.158 e. The van der Waals surface area contributed by atoms with Gasteiger partial charge in [-0.2, -0.15) is 0 Å². The molecule has 5 rings (SSSR count). The van der Waals surface area contributed by atoms with Crippen LogP contribution < -0.4 is 9.64 Å². The van der Waals surface area contributed by atoms with Crippen molar-refractivity contribution >= 4 is 5.69 Å². The highest BCUT2D eigenvalue weighted by Gasteiger charge is 2.44. The van der Waals surface area contributed by atoms with Crippen molar-refractivity contribution in [3.63, 3.8) is 0 Å². The first-order valence-corrected chi connectivity index (χ1v) is 10.6. The van der Waals surface area contributed by atoms with E-state index in [0.717, 1.165) is 17.0 Å². The van der Waals surface area contributed by atoms with Gasteiger partial charge in [0, 0.05) is 11.3 Å². The van der Waals surface area contributed by atoms with Crippen LogP contribution in [0.3, 0.4) is 0 Å². The van der Waals surface area contributed by atoms with Crippen LogP contribution >= 0.6 is 0 Å². The standard InChI is InChI=1S/C28H25NO2/c1-30-25-19-17-24(18-20-25)29-26(21-11-5-2-6-12-21)27(22-13-7-3-8-14-22)31-28(29)23-15-9-4-10-16-23/h2-20,26-28H,1H3. The molecule has 3 heteroatoms. The van der Waals surface area contributed by atoms with Crippen molar-refractivity contribution in [1.29, 1.82) is 0 Å². The lowest BCUT2D eigenvalue weighted by Gasteiger charge is -2.32. The van der Waals surface area contributed by atoms with Gasteiger partial charge in [-0.05, 0) is 35.4 Å². The highest BCUT2D eigenvalue weighted by Crippen LogP contribution is 2.52. The van der Waals surface area contributed by atoms with Crippen molar-refractivity contribution in [2.24, 2.45) is 0 Å². The second kappa shape index (κ2) is 8.66. The maximum atomic E-state index is 6.82. The quantitative estimate of drug-likeness (QED) is 0.367. The fourth-order valence-corrected chi connectivity index (χ4v) is 4.37. The van der Waals surface area contributed by atoms with E-state index in [-0.39, 0.29) is 18.4 Å². The zero-order valence-electron chi connectivity index (χ0n) is 17.5. The van der Waals surface area contributed by atoms with Crippen molar-refractivity contribution < 1.29 is 9.47 Å². The van der Waals surface area contributed by atoms with E-state index in [9.17, 15) is 0 Å². The van der Waals surface area contributed by atoms with Gasteiger partial charge in [0.05, 0.1) is 13.2 Å². The van der Waals surface area contributed by atoms with E-state index in [4.69, 9.17) is 9.47 Å². The zero-order valence-corrected chi connectivity index (χ0v) is 17.5. The minimum Gasteiger partial charge on any atom is -0.497 e. The fraction of sp³-hybridized carbons (Fsp3) is 0.143. The Balaban J connectivity index is 1.67. The molecule has 1 fully saturated rings. The minimum absolute atomic E-state index is 0.0298. The number of methoxy groups -OCH3 is 1. The Kier molecular flexibility index (Phi) is 5.42. The average Bonchev–Trinajstić information content (AvgIpc) is 3.26. The van der Waals surface area contributed by atoms with E-state index in [1.807, 2.05) is 24.3 Å². The molecule has 0 N–H and O–H groups in total.